The molecule has 0 saturated heterocycles. The number of aromatic amines is 2. The second-order valence-corrected chi connectivity index (χ2v) is 23.3. The number of benzene rings is 4. The summed E-state index contributed by atoms with van der Waals surface area (Å²) in [6, 6.07) is 37.0. The predicted octanol–water partition coefficient (Wildman–Crippen LogP) is 13.9. The largest absolute Gasteiger partial charge is 0.445 e. The Bertz CT molecular complexity index is 3550. The number of carbonyl (C=O) groups is 4. The van der Waals surface area contributed by atoms with Gasteiger partial charge in [0.1, 0.15) is 24.3 Å². The molecular formula is C65H69Cl2F3N8O6. The van der Waals surface area contributed by atoms with Crippen LogP contribution in [0.5, 0.6) is 0 Å². The molecule has 4 aromatic carbocycles. The minimum absolute atomic E-state index is 0.0845. The highest BCUT2D eigenvalue weighted by Gasteiger charge is 2.43. The lowest BCUT2D eigenvalue weighted by Crippen LogP contribution is -2.59. The van der Waals surface area contributed by atoms with E-state index in [0.29, 0.717) is 28.7 Å². The Morgan fingerprint density at radius 2 is 1.02 bits per heavy atom. The molecule has 0 bridgehead atoms. The van der Waals surface area contributed by atoms with E-state index in [4.69, 9.17) is 32.7 Å². The Balaban J connectivity index is 0.000000202. The zero-order chi connectivity index (χ0) is 59.4. The van der Waals surface area contributed by atoms with Gasteiger partial charge in [-0.1, -0.05) is 135 Å². The summed E-state index contributed by atoms with van der Waals surface area (Å²) in [7, 11) is 0. The van der Waals surface area contributed by atoms with E-state index in [1.807, 2.05) is 97.3 Å². The van der Waals surface area contributed by atoms with Crippen molar-refractivity contribution in [3.05, 3.63) is 201 Å². The lowest BCUT2D eigenvalue weighted by atomic mass is 9.71. The number of hydrogen-bond donors (Lipinski definition) is 6. The predicted molar refractivity (Wildman–Crippen MR) is 319 cm³/mol. The van der Waals surface area contributed by atoms with Gasteiger partial charge in [0.05, 0.1) is 15.6 Å². The maximum atomic E-state index is 14.0. The molecule has 440 valence electrons. The molecule has 14 nitrogen and oxygen atoms in total. The van der Waals surface area contributed by atoms with Gasteiger partial charge in [-0.3, -0.25) is 19.6 Å². The molecule has 4 heterocycles. The molecular weight excluding hydrogens is 1120 g/mol. The number of nitrogens with zero attached hydrogens (tertiary/aromatic N) is 2. The second kappa shape index (κ2) is 26.8. The van der Waals surface area contributed by atoms with E-state index < -0.39 is 40.9 Å². The smallest absolute Gasteiger partial charge is 0.416 e. The normalized spacial score (nSPS) is 16.2. The summed E-state index contributed by atoms with van der Waals surface area (Å²) in [5.41, 5.74) is 2.12. The van der Waals surface area contributed by atoms with Crippen molar-refractivity contribution >= 4 is 69.0 Å². The standard InChI is InChI=1S/C33H35F3N4O3.C32H34Cl2N4O3/c1-31(19-24-20-38-27-13-4-3-12-26(24)27,40-30(42)43-21-23-10-9-11-25(18-23)33(34,35)36)29(41)39-22-32(15-6-2-7-16-32)28-14-5-8-17-37-28;1-31(18-23-19-36-26-13-4-3-11-24(23)26,38-30(40)41-20-22-10-9-12-25(33)28(22)34)29(39)37-21-32(15-6-2-7-16-32)27-14-5-8-17-35-27/h3-5,8-14,17-18,20,38H,2,6-7,15-16,19,21-22H2,1H3,(H,39,41)(H,40,42);3-5,8-14,17,19,36H,2,6-7,15-16,18,20-21H2,1H3,(H,37,39)(H,38,40)/t2*31-/m00/s1. The van der Waals surface area contributed by atoms with Gasteiger partial charge in [-0.2, -0.15) is 13.2 Å². The molecule has 2 aliphatic carbocycles. The number of amides is 4. The average Bonchev–Trinajstić information content (AvgIpc) is 4.24. The topological polar surface area (TPSA) is 192 Å². The van der Waals surface area contributed by atoms with Crippen LogP contribution in [-0.2, 0) is 62.1 Å². The molecule has 0 radical (unpaired) electrons. The molecule has 4 amide bonds. The molecule has 6 N–H and O–H groups in total. The highest BCUT2D eigenvalue weighted by atomic mass is 35.5. The number of rotatable bonds is 18. The van der Waals surface area contributed by atoms with Crippen LogP contribution in [0.2, 0.25) is 10.0 Å². The van der Waals surface area contributed by atoms with Crippen LogP contribution in [0.3, 0.4) is 0 Å². The number of pyridine rings is 2. The molecule has 10 rings (SSSR count). The maximum absolute atomic E-state index is 14.0. The Labute approximate surface area is 496 Å². The number of alkyl halides is 3. The fourth-order valence-electron chi connectivity index (χ4n) is 11.7. The summed E-state index contributed by atoms with van der Waals surface area (Å²) in [6.07, 6.45) is 11.7. The monoisotopic (exact) mass is 1180 g/mol. The van der Waals surface area contributed by atoms with Crippen LogP contribution in [0.25, 0.3) is 21.8 Å². The summed E-state index contributed by atoms with van der Waals surface area (Å²) in [4.78, 5) is 69.9. The van der Waals surface area contributed by atoms with Gasteiger partial charge in [-0.15, -0.1) is 0 Å². The minimum atomic E-state index is -4.51. The fraction of sp³-hybridized carbons (Fsp3) is 0.354. The number of alkyl carbamates (subject to hydrolysis) is 2. The third kappa shape index (κ3) is 14.7. The fourth-order valence-corrected chi connectivity index (χ4v) is 12.1. The molecule has 0 aliphatic heterocycles. The Hall–Kier alpha value is -7.89. The summed E-state index contributed by atoms with van der Waals surface area (Å²) >= 11 is 12.4. The number of hydrogen-bond acceptors (Lipinski definition) is 8. The van der Waals surface area contributed by atoms with Gasteiger partial charge in [-0.25, -0.2) is 9.59 Å². The highest BCUT2D eigenvalue weighted by Crippen LogP contribution is 2.40. The van der Waals surface area contributed by atoms with Gasteiger partial charge >= 0.3 is 18.4 Å². The summed E-state index contributed by atoms with van der Waals surface area (Å²) < 4.78 is 50.2. The van der Waals surface area contributed by atoms with E-state index in [0.717, 1.165) is 114 Å². The van der Waals surface area contributed by atoms with Gasteiger partial charge in [-0.05, 0) is 111 Å². The van der Waals surface area contributed by atoms with Crippen LogP contribution in [0.1, 0.15) is 117 Å². The van der Waals surface area contributed by atoms with Gasteiger partial charge in [0.2, 0.25) is 11.8 Å². The van der Waals surface area contributed by atoms with Crippen molar-refractivity contribution in [1.82, 2.24) is 41.2 Å². The molecule has 4 aromatic heterocycles. The van der Waals surface area contributed by atoms with E-state index in [2.05, 4.69) is 41.2 Å². The number of H-pyrrole nitrogens is 2. The molecule has 0 unspecified atom stereocenters. The zero-order valence-corrected chi connectivity index (χ0v) is 48.5. The van der Waals surface area contributed by atoms with Crippen molar-refractivity contribution in [2.75, 3.05) is 13.1 Å². The number of fused-ring (bicyclic) bond motifs is 2. The lowest BCUT2D eigenvalue weighted by Gasteiger charge is -2.38. The van der Waals surface area contributed by atoms with Gasteiger partial charge < -0.3 is 40.7 Å². The molecule has 2 aliphatic rings. The molecule has 0 spiro atoms. The van der Waals surface area contributed by atoms with Crippen molar-refractivity contribution in [3.8, 4) is 0 Å². The van der Waals surface area contributed by atoms with Crippen molar-refractivity contribution in [2.24, 2.45) is 0 Å². The highest BCUT2D eigenvalue weighted by molar-refractivity contribution is 6.42. The van der Waals surface area contributed by atoms with Crippen molar-refractivity contribution in [3.63, 3.8) is 0 Å². The minimum Gasteiger partial charge on any atom is -0.445 e. The number of para-hydroxylation sites is 2. The average molecular weight is 1190 g/mol. The Kier molecular flexibility index (Phi) is 19.4. The van der Waals surface area contributed by atoms with Crippen LogP contribution < -0.4 is 21.3 Å². The van der Waals surface area contributed by atoms with Gasteiger partial charge in [0, 0.05) is 100 Å². The van der Waals surface area contributed by atoms with E-state index in [1.165, 1.54) is 18.6 Å². The van der Waals surface area contributed by atoms with Gasteiger partial charge in [0.25, 0.3) is 0 Å². The van der Waals surface area contributed by atoms with Gasteiger partial charge in [0.15, 0.2) is 0 Å². The number of halogens is 5. The summed E-state index contributed by atoms with van der Waals surface area (Å²) in [6.45, 7) is 3.67. The molecule has 2 saturated carbocycles. The van der Waals surface area contributed by atoms with Crippen molar-refractivity contribution < 1.29 is 41.8 Å². The quantitative estimate of drug-likeness (QED) is 0.0489. The third-order valence-corrected chi connectivity index (χ3v) is 17.3. The van der Waals surface area contributed by atoms with Crippen LogP contribution in [0.15, 0.2) is 152 Å². The van der Waals surface area contributed by atoms with E-state index in [9.17, 15) is 32.3 Å². The first-order valence-electron chi connectivity index (χ1n) is 28.4. The van der Waals surface area contributed by atoms with Crippen LogP contribution in [-0.4, -0.2) is 68.1 Å². The summed E-state index contributed by atoms with van der Waals surface area (Å²) in [5.74, 6) is -0.684. The molecule has 2 atom stereocenters. The number of nitrogens with one attached hydrogen (secondary N) is 6. The summed E-state index contributed by atoms with van der Waals surface area (Å²) in [5, 5.41) is 14.5. The van der Waals surface area contributed by atoms with Crippen LogP contribution in [0.4, 0.5) is 22.8 Å². The van der Waals surface area contributed by atoms with E-state index >= 15 is 0 Å². The zero-order valence-electron chi connectivity index (χ0n) is 47.0. The maximum Gasteiger partial charge on any atom is 0.416 e. The van der Waals surface area contributed by atoms with Crippen LogP contribution in [0, 0.1) is 0 Å². The first kappa shape index (κ1) is 60.7. The number of aromatic nitrogens is 4. The molecule has 19 heteroatoms. The molecule has 8 aromatic rings. The van der Waals surface area contributed by atoms with Crippen molar-refractivity contribution in [2.45, 2.75) is 132 Å². The number of ether oxygens (including phenoxy) is 2. The van der Waals surface area contributed by atoms with E-state index in [-0.39, 0.29) is 48.4 Å². The third-order valence-electron chi connectivity index (χ3n) is 16.4. The first-order chi connectivity index (χ1) is 40.4. The number of carbonyl (C=O) groups excluding carboxylic acids is 4. The van der Waals surface area contributed by atoms with E-state index in [1.54, 1.807) is 44.4 Å². The SMILES string of the molecule is C[C@@](Cc1c[nH]c2ccccc12)(NC(=O)OCc1cccc(C(F)(F)F)c1)C(=O)NCC1(c2ccccn2)CCCCC1.C[C@@](Cc1c[nH]c2ccccc12)(NC(=O)OCc1cccc(Cl)c1Cl)C(=O)NCC1(c2ccccn2)CCCCC1. The molecule has 84 heavy (non-hydrogen) atoms. The Morgan fingerprint density at radius 1 is 0.560 bits per heavy atom. The Morgan fingerprint density at radius 3 is 1.50 bits per heavy atom. The lowest BCUT2D eigenvalue weighted by molar-refractivity contribution is -0.137. The molecule has 2 fully saturated rings. The second-order valence-electron chi connectivity index (χ2n) is 22.5. The van der Waals surface area contributed by atoms with Crippen LogP contribution >= 0.6 is 23.2 Å². The van der Waals surface area contributed by atoms with Crippen molar-refractivity contribution in [1.29, 1.82) is 0 Å². The first-order valence-corrected chi connectivity index (χ1v) is 29.1.